The van der Waals surface area contributed by atoms with Crippen molar-refractivity contribution in [2.45, 2.75) is 11.3 Å². The van der Waals surface area contributed by atoms with E-state index in [2.05, 4.69) is 4.74 Å². The van der Waals surface area contributed by atoms with Crippen LogP contribution in [0.3, 0.4) is 0 Å². The van der Waals surface area contributed by atoms with E-state index >= 15 is 0 Å². The fourth-order valence-corrected chi connectivity index (χ4v) is 4.42. The molecule has 9 nitrogen and oxygen atoms in total. The molecule has 0 atom stereocenters. The SMILES string of the molecule is NS(=O)(=O)c1ccc(C(=O)N2CC3=C(CN(C(=O)COc4ccc(OC(F)(F)F)cc4)C3)C2)c(F)c1. The van der Waals surface area contributed by atoms with Gasteiger partial charge in [0.1, 0.15) is 17.3 Å². The molecular formula is C22H19F4N3O6S. The molecule has 2 heterocycles. The average molecular weight is 529 g/mol. The standard InChI is InChI=1S/C22H19F4N3O6S/c23-19-7-17(36(27,32)33)5-6-18(19)21(31)29-10-13-8-28(9-14(13)11-29)20(30)12-34-15-1-3-16(4-2-15)35-22(24,25)26/h1-7H,8-12H2,(H2,27,32,33). The number of nitrogens with zero attached hydrogens (tertiary/aromatic N) is 2. The monoisotopic (exact) mass is 529 g/mol. The van der Waals surface area contributed by atoms with Crippen LogP contribution >= 0.6 is 0 Å². The molecule has 0 aromatic heterocycles. The molecule has 2 aliphatic rings. The van der Waals surface area contributed by atoms with E-state index < -0.39 is 38.8 Å². The topological polar surface area (TPSA) is 119 Å². The van der Waals surface area contributed by atoms with Crippen LogP contribution in [0.5, 0.6) is 11.5 Å². The molecule has 2 aliphatic heterocycles. The van der Waals surface area contributed by atoms with E-state index in [1.54, 1.807) is 0 Å². The van der Waals surface area contributed by atoms with Crippen molar-refractivity contribution < 1.29 is 45.0 Å². The zero-order chi connectivity index (χ0) is 26.3. The Bertz CT molecular complexity index is 1320. The number of carbonyl (C=O) groups is 2. The molecule has 0 bridgehead atoms. The third kappa shape index (κ3) is 5.76. The van der Waals surface area contributed by atoms with Crippen molar-refractivity contribution in [2.75, 3.05) is 32.8 Å². The summed E-state index contributed by atoms with van der Waals surface area (Å²) in [6, 6.07) is 7.43. The summed E-state index contributed by atoms with van der Waals surface area (Å²) >= 11 is 0. The number of benzene rings is 2. The minimum Gasteiger partial charge on any atom is -0.484 e. The summed E-state index contributed by atoms with van der Waals surface area (Å²) in [6.45, 7) is 0.495. The first kappa shape index (κ1) is 25.4. The molecule has 2 N–H and O–H groups in total. The van der Waals surface area contributed by atoms with E-state index in [1.807, 2.05) is 0 Å². The summed E-state index contributed by atoms with van der Waals surface area (Å²) < 4.78 is 82.8. The Morgan fingerprint density at radius 2 is 1.47 bits per heavy atom. The maximum absolute atomic E-state index is 14.4. The number of rotatable bonds is 6. The molecule has 2 aromatic rings. The van der Waals surface area contributed by atoms with Gasteiger partial charge < -0.3 is 19.3 Å². The second kappa shape index (κ2) is 9.43. The van der Waals surface area contributed by atoms with Gasteiger partial charge in [0.15, 0.2) is 6.61 Å². The lowest BCUT2D eigenvalue weighted by molar-refractivity contribution is -0.274. The molecule has 0 unspecified atom stereocenters. The van der Waals surface area contributed by atoms with Crippen molar-refractivity contribution in [1.29, 1.82) is 0 Å². The number of carbonyl (C=O) groups excluding carboxylic acids is 2. The predicted molar refractivity (Wildman–Crippen MR) is 116 cm³/mol. The van der Waals surface area contributed by atoms with E-state index in [0.717, 1.165) is 35.4 Å². The molecule has 2 amide bonds. The lowest BCUT2D eigenvalue weighted by atomic mass is 10.2. The van der Waals surface area contributed by atoms with Gasteiger partial charge in [-0.25, -0.2) is 17.9 Å². The molecule has 0 radical (unpaired) electrons. The van der Waals surface area contributed by atoms with Gasteiger partial charge in [0.25, 0.3) is 11.8 Å². The number of ether oxygens (including phenoxy) is 2. The number of halogens is 4. The molecule has 36 heavy (non-hydrogen) atoms. The number of hydrogen-bond donors (Lipinski definition) is 1. The molecule has 0 spiro atoms. The van der Waals surface area contributed by atoms with E-state index in [1.165, 1.54) is 21.9 Å². The Morgan fingerprint density at radius 3 is 2.00 bits per heavy atom. The largest absolute Gasteiger partial charge is 0.573 e. The molecule has 192 valence electrons. The van der Waals surface area contributed by atoms with E-state index in [0.29, 0.717) is 6.07 Å². The van der Waals surface area contributed by atoms with Gasteiger partial charge in [-0.1, -0.05) is 0 Å². The van der Waals surface area contributed by atoms with Crippen LogP contribution in [-0.4, -0.2) is 69.2 Å². The smallest absolute Gasteiger partial charge is 0.484 e. The van der Waals surface area contributed by atoms with Crippen LogP contribution in [0.1, 0.15) is 10.4 Å². The Balaban J connectivity index is 1.28. The summed E-state index contributed by atoms with van der Waals surface area (Å²) in [4.78, 5) is 27.7. The van der Waals surface area contributed by atoms with E-state index in [-0.39, 0.29) is 50.0 Å². The number of alkyl halides is 3. The molecule has 0 fully saturated rings. The van der Waals surface area contributed by atoms with Crippen LogP contribution in [0.15, 0.2) is 58.5 Å². The van der Waals surface area contributed by atoms with Crippen molar-refractivity contribution in [3.63, 3.8) is 0 Å². The maximum atomic E-state index is 14.4. The Morgan fingerprint density at radius 1 is 0.917 bits per heavy atom. The second-order valence-corrected chi connectivity index (χ2v) is 9.67. The zero-order valence-corrected chi connectivity index (χ0v) is 19.2. The summed E-state index contributed by atoms with van der Waals surface area (Å²) in [7, 11) is -4.11. The predicted octanol–water partition coefficient (Wildman–Crippen LogP) is 2.05. The van der Waals surface area contributed by atoms with Crippen molar-refractivity contribution in [2.24, 2.45) is 5.14 Å². The summed E-state index contributed by atoms with van der Waals surface area (Å²) in [5.74, 6) is -2.22. The first-order valence-electron chi connectivity index (χ1n) is 10.4. The molecule has 2 aromatic carbocycles. The normalized spacial score (nSPS) is 15.8. The van der Waals surface area contributed by atoms with E-state index in [4.69, 9.17) is 9.88 Å². The first-order valence-corrected chi connectivity index (χ1v) is 11.9. The van der Waals surface area contributed by atoms with Gasteiger partial charge in [0, 0.05) is 26.2 Å². The number of sulfonamides is 1. The van der Waals surface area contributed by atoms with Crippen LogP contribution in [0.25, 0.3) is 0 Å². The van der Waals surface area contributed by atoms with Crippen LogP contribution in [0.2, 0.25) is 0 Å². The zero-order valence-electron chi connectivity index (χ0n) is 18.4. The van der Waals surface area contributed by atoms with Crippen molar-refractivity contribution >= 4 is 21.8 Å². The third-order valence-electron chi connectivity index (χ3n) is 5.59. The summed E-state index contributed by atoms with van der Waals surface area (Å²) in [5.41, 5.74) is 1.36. The van der Waals surface area contributed by atoms with Crippen LogP contribution in [0.4, 0.5) is 17.6 Å². The lowest BCUT2D eigenvalue weighted by Crippen LogP contribution is -2.38. The molecular weight excluding hydrogens is 510 g/mol. The quantitative estimate of drug-likeness (QED) is 0.452. The molecule has 0 saturated heterocycles. The van der Waals surface area contributed by atoms with Gasteiger partial charge in [-0.2, -0.15) is 0 Å². The van der Waals surface area contributed by atoms with E-state index in [9.17, 15) is 35.6 Å². The summed E-state index contributed by atoms with van der Waals surface area (Å²) in [5, 5.41) is 4.97. The van der Waals surface area contributed by atoms with Crippen LogP contribution in [-0.2, 0) is 14.8 Å². The average Bonchev–Trinajstić information content (AvgIpc) is 3.36. The van der Waals surface area contributed by atoms with Gasteiger partial charge in [0.05, 0.1) is 10.5 Å². The highest BCUT2D eigenvalue weighted by Gasteiger charge is 2.35. The highest BCUT2D eigenvalue weighted by Crippen LogP contribution is 2.28. The molecule has 0 saturated carbocycles. The number of primary sulfonamides is 1. The van der Waals surface area contributed by atoms with Gasteiger partial charge in [-0.05, 0) is 53.6 Å². The molecule has 14 heteroatoms. The van der Waals surface area contributed by atoms with Crippen molar-refractivity contribution in [3.8, 4) is 11.5 Å². The maximum Gasteiger partial charge on any atom is 0.573 e. The first-order chi connectivity index (χ1) is 16.8. The van der Waals surface area contributed by atoms with Crippen LogP contribution in [0, 0.1) is 5.82 Å². The Kier molecular flexibility index (Phi) is 6.66. The van der Waals surface area contributed by atoms with Gasteiger partial charge in [-0.3, -0.25) is 9.59 Å². The van der Waals surface area contributed by atoms with Gasteiger partial charge in [0.2, 0.25) is 10.0 Å². The van der Waals surface area contributed by atoms with Crippen LogP contribution < -0.4 is 14.6 Å². The second-order valence-electron chi connectivity index (χ2n) is 8.11. The highest BCUT2D eigenvalue weighted by molar-refractivity contribution is 7.89. The van der Waals surface area contributed by atoms with Gasteiger partial charge >= 0.3 is 6.36 Å². The fraction of sp³-hybridized carbons (Fsp3) is 0.273. The summed E-state index contributed by atoms with van der Waals surface area (Å²) in [6.07, 6.45) is -4.81. The van der Waals surface area contributed by atoms with Crippen molar-refractivity contribution in [3.05, 3.63) is 65.0 Å². The minimum absolute atomic E-state index is 0.176. The lowest BCUT2D eigenvalue weighted by Gasteiger charge is -2.23. The molecule has 0 aliphatic carbocycles. The Labute approximate surface area is 202 Å². The minimum atomic E-state index is -4.81. The number of nitrogens with two attached hydrogens (primary N) is 1. The number of amides is 2. The molecule has 4 rings (SSSR count). The fourth-order valence-electron chi connectivity index (χ4n) is 3.89. The highest BCUT2D eigenvalue weighted by atomic mass is 32.2. The Hall–Kier alpha value is -3.65. The number of hydrogen-bond acceptors (Lipinski definition) is 6. The van der Waals surface area contributed by atoms with Gasteiger partial charge in [-0.15, -0.1) is 13.2 Å². The third-order valence-corrected chi connectivity index (χ3v) is 6.50. The van der Waals surface area contributed by atoms with Crippen molar-refractivity contribution in [1.82, 2.24) is 9.80 Å².